The van der Waals surface area contributed by atoms with Crippen LogP contribution >= 0.6 is 11.8 Å². The summed E-state index contributed by atoms with van der Waals surface area (Å²) in [6.07, 6.45) is 4.21. The minimum atomic E-state index is -0.835. The summed E-state index contributed by atoms with van der Waals surface area (Å²) in [5.41, 5.74) is 1.28. The van der Waals surface area contributed by atoms with Crippen LogP contribution in [0.25, 0.3) is 22.3 Å². The van der Waals surface area contributed by atoms with Crippen molar-refractivity contribution in [3.63, 3.8) is 0 Å². The predicted octanol–water partition coefficient (Wildman–Crippen LogP) is 3.18. The number of hydrogen-bond acceptors (Lipinski definition) is 5. The molecule has 1 saturated heterocycles. The van der Waals surface area contributed by atoms with E-state index in [0.717, 1.165) is 40.3 Å². The van der Waals surface area contributed by atoms with Gasteiger partial charge in [-0.2, -0.15) is 0 Å². The molecule has 3 aromatic rings. The van der Waals surface area contributed by atoms with E-state index in [9.17, 15) is 9.59 Å². The molecule has 0 radical (unpaired) electrons. The Balaban J connectivity index is 1.37. The maximum Gasteiger partial charge on any atom is 0.325 e. The molecule has 3 heterocycles. The smallest absolute Gasteiger partial charge is 0.325 e. The summed E-state index contributed by atoms with van der Waals surface area (Å²) in [6, 6.07) is 8.24. The van der Waals surface area contributed by atoms with Crippen molar-refractivity contribution in [2.24, 2.45) is 0 Å². The molecule has 2 fully saturated rings. The van der Waals surface area contributed by atoms with Gasteiger partial charge in [0.25, 0.3) is 5.91 Å². The lowest BCUT2D eigenvalue weighted by atomic mass is 10.1. The molecule has 0 unspecified atom stereocenters. The van der Waals surface area contributed by atoms with E-state index >= 15 is 0 Å². The highest BCUT2D eigenvalue weighted by Crippen LogP contribution is 2.42. The zero-order valence-electron chi connectivity index (χ0n) is 16.3. The van der Waals surface area contributed by atoms with E-state index in [1.54, 1.807) is 13.8 Å². The third-order valence-corrected chi connectivity index (χ3v) is 6.32. The lowest BCUT2D eigenvalue weighted by Crippen LogP contribution is -2.40. The van der Waals surface area contributed by atoms with E-state index in [0.29, 0.717) is 18.3 Å². The van der Waals surface area contributed by atoms with Crippen LogP contribution in [0.1, 0.15) is 32.7 Å². The highest BCUT2D eigenvalue weighted by molar-refractivity contribution is 7.99. The van der Waals surface area contributed by atoms with Crippen molar-refractivity contribution in [1.29, 1.82) is 0 Å². The molecule has 1 aliphatic heterocycles. The van der Waals surface area contributed by atoms with Crippen molar-refractivity contribution in [1.82, 2.24) is 30.0 Å². The van der Waals surface area contributed by atoms with Crippen molar-refractivity contribution in [3.8, 4) is 11.4 Å². The molecule has 1 aromatic carbocycles. The molecule has 0 atom stereocenters. The summed E-state index contributed by atoms with van der Waals surface area (Å²) < 4.78 is 2.20. The number of hydrogen-bond donors (Lipinski definition) is 2. The van der Waals surface area contributed by atoms with Gasteiger partial charge in [-0.1, -0.05) is 30.0 Å². The Morgan fingerprint density at radius 2 is 2.00 bits per heavy atom. The van der Waals surface area contributed by atoms with Gasteiger partial charge in [0.15, 0.2) is 11.0 Å². The number of H-pyrrole nitrogens is 1. The van der Waals surface area contributed by atoms with E-state index in [4.69, 9.17) is 0 Å². The molecule has 5 rings (SSSR count). The lowest BCUT2D eigenvalue weighted by molar-refractivity contribution is -0.130. The second-order valence-corrected chi connectivity index (χ2v) is 9.08. The Hall–Kier alpha value is -2.81. The number of rotatable bonds is 6. The summed E-state index contributed by atoms with van der Waals surface area (Å²) in [6.45, 7) is 3.79. The van der Waals surface area contributed by atoms with Crippen LogP contribution in [-0.4, -0.2) is 54.4 Å². The molecule has 29 heavy (non-hydrogen) atoms. The van der Waals surface area contributed by atoms with Crippen LogP contribution < -0.4 is 5.32 Å². The van der Waals surface area contributed by atoms with E-state index in [1.165, 1.54) is 16.7 Å². The van der Waals surface area contributed by atoms with Crippen LogP contribution in [0.5, 0.6) is 0 Å². The molecule has 3 amide bonds. The number of urea groups is 1. The fourth-order valence-corrected chi connectivity index (χ4v) is 4.66. The Labute approximate surface area is 172 Å². The topological polar surface area (TPSA) is 95.9 Å². The molecule has 1 saturated carbocycles. The van der Waals surface area contributed by atoms with E-state index in [2.05, 4.69) is 31.1 Å². The first-order valence-corrected chi connectivity index (χ1v) is 10.7. The summed E-state index contributed by atoms with van der Waals surface area (Å²) in [7, 11) is 0. The fourth-order valence-electron chi connectivity index (χ4n) is 3.73. The average Bonchev–Trinajstić information content (AvgIpc) is 3.24. The largest absolute Gasteiger partial charge is 0.360 e. The third-order valence-electron chi connectivity index (χ3n) is 5.40. The maximum atomic E-state index is 12.3. The fraction of sp³-hybridized carbons (Fsp3) is 0.400. The van der Waals surface area contributed by atoms with Crippen LogP contribution in [0.2, 0.25) is 0 Å². The number of aromatic amines is 1. The van der Waals surface area contributed by atoms with Gasteiger partial charge in [0, 0.05) is 41.0 Å². The van der Waals surface area contributed by atoms with E-state index in [-0.39, 0.29) is 11.9 Å². The first-order valence-electron chi connectivity index (χ1n) is 9.74. The molecule has 2 aliphatic rings. The number of imide groups is 1. The quantitative estimate of drug-likeness (QED) is 0.481. The van der Waals surface area contributed by atoms with Gasteiger partial charge in [-0.15, -0.1) is 10.2 Å². The number of carbonyl (C=O) groups excluding carboxylic acids is 2. The zero-order valence-corrected chi connectivity index (χ0v) is 17.1. The van der Waals surface area contributed by atoms with Crippen molar-refractivity contribution in [2.75, 3.05) is 12.3 Å². The van der Waals surface area contributed by atoms with Crippen LogP contribution in [0.4, 0.5) is 4.79 Å². The third kappa shape index (κ3) is 3.09. The molecule has 0 bridgehead atoms. The predicted molar refractivity (Wildman–Crippen MR) is 111 cm³/mol. The summed E-state index contributed by atoms with van der Waals surface area (Å²) in [5.74, 6) is 1.25. The SMILES string of the molecule is CC1(C)NC(=O)N(CCSc2nnc(-c3c[nH]c4ccccc34)n2C2CC2)C1=O. The van der Waals surface area contributed by atoms with Crippen molar-refractivity contribution in [2.45, 2.75) is 43.4 Å². The number of aromatic nitrogens is 4. The lowest BCUT2D eigenvalue weighted by Gasteiger charge is -2.15. The van der Waals surface area contributed by atoms with Gasteiger partial charge >= 0.3 is 6.03 Å². The molecule has 9 heteroatoms. The van der Waals surface area contributed by atoms with Crippen molar-refractivity contribution < 1.29 is 9.59 Å². The number of fused-ring (bicyclic) bond motifs is 1. The number of benzene rings is 1. The number of para-hydroxylation sites is 1. The van der Waals surface area contributed by atoms with Crippen LogP contribution in [-0.2, 0) is 4.79 Å². The Kier molecular flexibility index (Phi) is 4.16. The molecule has 150 valence electrons. The Morgan fingerprint density at radius 1 is 1.21 bits per heavy atom. The highest BCUT2D eigenvalue weighted by Gasteiger charge is 2.43. The number of nitrogens with zero attached hydrogens (tertiary/aromatic N) is 4. The molecule has 2 N–H and O–H groups in total. The minimum Gasteiger partial charge on any atom is -0.360 e. The summed E-state index contributed by atoms with van der Waals surface area (Å²) in [4.78, 5) is 29.0. The molecular weight excluding hydrogens is 388 g/mol. The molecule has 2 aromatic heterocycles. The number of carbonyl (C=O) groups is 2. The van der Waals surface area contributed by atoms with Crippen molar-refractivity contribution >= 4 is 34.6 Å². The molecule has 8 nitrogen and oxygen atoms in total. The van der Waals surface area contributed by atoms with Gasteiger partial charge in [0.1, 0.15) is 5.54 Å². The van der Waals surface area contributed by atoms with Gasteiger partial charge in [-0.25, -0.2) is 4.79 Å². The van der Waals surface area contributed by atoms with Crippen LogP contribution in [0.15, 0.2) is 35.6 Å². The molecule has 1 aliphatic carbocycles. The minimum absolute atomic E-state index is 0.189. The van der Waals surface area contributed by atoms with Gasteiger partial charge in [0.05, 0.1) is 0 Å². The molecular formula is C20H22N6O2S. The first kappa shape index (κ1) is 18.2. The van der Waals surface area contributed by atoms with Gasteiger partial charge in [-0.05, 0) is 32.8 Å². The average molecular weight is 411 g/mol. The normalized spacial score (nSPS) is 18.6. The summed E-state index contributed by atoms with van der Waals surface area (Å²) >= 11 is 1.54. The Morgan fingerprint density at radius 3 is 2.72 bits per heavy atom. The monoisotopic (exact) mass is 410 g/mol. The van der Waals surface area contributed by atoms with E-state index < -0.39 is 5.54 Å². The van der Waals surface area contributed by atoms with Crippen LogP contribution in [0, 0.1) is 0 Å². The number of thioether (sulfide) groups is 1. The maximum absolute atomic E-state index is 12.3. The van der Waals surface area contributed by atoms with Crippen molar-refractivity contribution in [3.05, 3.63) is 30.5 Å². The van der Waals surface area contributed by atoms with Gasteiger partial charge in [0.2, 0.25) is 0 Å². The van der Waals surface area contributed by atoms with Gasteiger partial charge in [-0.3, -0.25) is 14.3 Å². The van der Waals surface area contributed by atoms with Gasteiger partial charge < -0.3 is 10.3 Å². The zero-order chi connectivity index (χ0) is 20.2. The second-order valence-electron chi connectivity index (χ2n) is 8.02. The first-order chi connectivity index (χ1) is 14.0. The van der Waals surface area contributed by atoms with E-state index in [1.807, 2.05) is 24.4 Å². The number of nitrogens with one attached hydrogen (secondary N) is 2. The van der Waals surface area contributed by atoms with Crippen LogP contribution in [0.3, 0.4) is 0 Å². The Bertz CT molecular complexity index is 1110. The summed E-state index contributed by atoms with van der Waals surface area (Å²) in [5, 5.41) is 13.6. The molecule has 0 spiro atoms. The highest BCUT2D eigenvalue weighted by atomic mass is 32.2. The number of amides is 3. The second kappa shape index (κ2) is 6.62. The standard InChI is InChI=1S/C20H22N6O2S/c1-20(2)17(27)25(18(28)22-20)9-10-29-19-24-23-16(26(19)12-7-8-12)14-11-21-15-6-4-3-5-13(14)15/h3-6,11-12,21H,7-10H2,1-2H3,(H,22,28).